The standard InChI is InChI=1S/C22H25NOS/c1-15-2-10-20(11-3-15)25-14-16-4-7-18(8-5-16)22(24)23-21-13-17-6-9-19(21)12-17/h2-5,7-8,10-11,17,19,21H,6,9,12-14H2,1H3,(H,23,24)/t17-,19+,21+/m1/s1. The highest BCUT2D eigenvalue weighted by Gasteiger charge is 2.40. The topological polar surface area (TPSA) is 29.1 Å². The Bertz CT molecular complexity index is 738. The number of aryl methyl sites for hydroxylation is 1. The summed E-state index contributed by atoms with van der Waals surface area (Å²) < 4.78 is 0. The number of thioether (sulfide) groups is 1. The van der Waals surface area contributed by atoms with E-state index < -0.39 is 0 Å². The van der Waals surface area contributed by atoms with Crippen LogP contribution in [0.25, 0.3) is 0 Å². The van der Waals surface area contributed by atoms with Crippen LogP contribution in [0.3, 0.4) is 0 Å². The van der Waals surface area contributed by atoms with Crippen molar-refractivity contribution in [3.63, 3.8) is 0 Å². The van der Waals surface area contributed by atoms with Crippen LogP contribution in [0.5, 0.6) is 0 Å². The summed E-state index contributed by atoms with van der Waals surface area (Å²) in [6.45, 7) is 2.11. The van der Waals surface area contributed by atoms with Gasteiger partial charge in [0.25, 0.3) is 5.91 Å². The maximum absolute atomic E-state index is 12.5. The molecule has 3 heteroatoms. The van der Waals surface area contributed by atoms with Crippen LogP contribution >= 0.6 is 11.8 Å². The number of carbonyl (C=O) groups is 1. The second-order valence-electron chi connectivity index (χ2n) is 7.55. The zero-order chi connectivity index (χ0) is 17.2. The molecule has 2 aliphatic carbocycles. The van der Waals surface area contributed by atoms with Gasteiger partial charge < -0.3 is 5.32 Å². The first kappa shape index (κ1) is 16.7. The van der Waals surface area contributed by atoms with E-state index in [1.807, 2.05) is 23.9 Å². The molecule has 0 unspecified atom stereocenters. The van der Waals surface area contributed by atoms with E-state index in [2.05, 4.69) is 48.6 Å². The molecule has 0 aliphatic heterocycles. The Hall–Kier alpha value is -1.74. The van der Waals surface area contributed by atoms with Crippen LogP contribution in [0.2, 0.25) is 0 Å². The van der Waals surface area contributed by atoms with E-state index in [-0.39, 0.29) is 5.91 Å². The minimum absolute atomic E-state index is 0.0929. The average Bonchev–Trinajstić information content (AvgIpc) is 3.25. The van der Waals surface area contributed by atoms with Gasteiger partial charge in [-0.25, -0.2) is 0 Å². The van der Waals surface area contributed by atoms with Gasteiger partial charge in [-0.05, 0) is 67.9 Å². The molecule has 2 nitrogen and oxygen atoms in total. The summed E-state index contributed by atoms with van der Waals surface area (Å²) in [5.41, 5.74) is 3.32. The van der Waals surface area contributed by atoms with E-state index >= 15 is 0 Å². The molecular formula is C22H25NOS. The second-order valence-corrected chi connectivity index (χ2v) is 8.60. The number of rotatable bonds is 5. The Morgan fingerprint density at radius 3 is 2.44 bits per heavy atom. The van der Waals surface area contributed by atoms with Gasteiger partial charge in [0.15, 0.2) is 0 Å². The van der Waals surface area contributed by atoms with Gasteiger partial charge in [0.1, 0.15) is 0 Å². The SMILES string of the molecule is Cc1ccc(SCc2ccc(C(=O)N[C@H]3C[C@@H]4CC[C@H]3C4)cc2)cc1. The molecule has 25 heavy (non-hydrogen) atoms. The number of hydrogen-bond donors (Lipinski definition) is 1. The van der Waals surface area contributed by atoms with Gasteiger partial charge in [-0.3, -0.25) is 4.79 Å². The number of nitrogens with one attached hydrogen (secondary N) is 1. The van der Waals surface area contributed by atoms with Gasteiger partial charge in [-0.15, -0.1) is 11.8 Å². The van der Waals surface area contributed by atoms with Crippen molar-refractivity contribution in [3.05, 3.63) is 65.2 Å². The summed E-state index contributed by atoms with van der Waals surface area (Å²) in [4.78, 5) is 13.8. The smallest absolute Gasteiger partial charge is 0.251 e. The number of carbonyl (C=O) groups excluding carboxylic acids is 1. The van der Waals surface area contributed by atoms with Crippen molar-refractivity contribution in [2.75, 3.05) is 0 Å². The zero-order valence-corrected chi connectivity index (χ0v) is 15.5. The van der Waals surface area contributed by atoms with Crippen LogP contribution in [0, 0.1) is 18.8 Å². The second kappa shape index (κ2) is 7.25. The molecule has 2 aliphatic rings. The summed E-state index contributed by atoms with van der Waals surface area (Å²) in [5, 5.41) is 3.27. The van der Waals surface area contributed by atoms with Gasteiger partial charge in [0.05, 0.1) is 0 Å². The fraction of sp³-hybridized carbons (Fsp3) is 0.409. The molecule has 1 N–H and O–H groups in total. The molecule has 2 saturated carbocycles. The van der Waals surface area contributed by atoms with Crippen molar-refractivity contribution < 1.29 is 4.79 Å². The Morgan fingerprint density at radius 2 is 1.80 bits per heavy atom. The summed E-state index contributed by atoms with van der Waals surface area (Å²) in [6.07, 6.45) is 5.16. The highest BCUT2D eigenvalue weighted by Crippen LogP contribution is 2.44. The summed E-state index contributed by atoms with van der Waals surface area (Å²) in [7, 11) is 0. The van der Waals surface area contributed by atoms with Crippen molar-refractivity contribution in [3.8, 4) is 0 Å². The van der Waals surface area contributed by atoms with Crippen molar-refractivity contribution in [1.29, 1.82) is 0 Å². The van der Waals surface area contributed by atoms with Crippen LogP contribution in [-0.4, -0.2) is 11.9 Å². The lowest BCUT2D eigenvalue weighted by molar-refractivity contribution is 0.0923. The lowest BCUT2D eigenvalue weighted by Gasteiger charge is -2.22. The molecule has 2 aromatic carbocycles. The Balaban J connectivity index is 1.31. The summed E-state index contributed by atoms with van der Waals surface area (Å²) >= 11 is 1.83. The van der Waals surface area contributed by atoms with E-state index in [0.29, 0.717) is 6.04 Å². The molecule has 0 heterocycles. The highest BCUT2D eigenvalue weighted by molar-refractivity contribution is 7.98. The van der Waals surface area contributed by atoms with Crippen molar-refractivity contribution in [2.45, 2.75) is 49.3 Å². The molecule has 0 aromatic heterocycles. The fourth-order valence-electron chi connectivity index (χ4n) is 4.23. The van der Waals surface area contributed by atoms with Gasteiger partial charge in [0, 0.05) is 22.3 Å². The predicted octanol–water partition coefficient (Wildman–Crippen LogP) is 5.21. The summed E-state index contributed by atoms with van der Waals surface area (Å²) in [5.74, 6) is 2.60. The first-order chi connectivity index (χ1) is 12.2. The van der Waals surface area contributed by atoms with E-state index in [1.165, 1.54) is 41.7 Å². The fourth-order valence-corrected chi connectivity index (χ4v) is 5.08. The maximum atomic E-state index is 12.5. The Kier molecular flexibility index (Phi) is 4.85. The average molecular weight is 352 g/mol. The van der Waals surface area contributed by atoms with E-state index in [1.54, 1.807) is 0 Å². The van der Waals surface area contributed by atoms with Crippen molar-refractivity contribution in [1.82, 2.24) is 5.32 Å². The molecule has 0 radical (unpaired) electrons. The number of benzene rings is 2. The third-order valence-electron chi connectivity index (χ3n) is 5.70. The number of hydrogen-bond acceptors (Lipinski definition) is 2. The largest absolute Gasteiger partial charge is 0.349 e. The Labute approximate surface area is 154 Å². The molecule has 4 rings (SSSR count). The van der Waals surface area contributed by atoms with E-state index in [9.17, 15) is 4.79 Å². The molecule has 130 valence electrons. The van der Waals surface area contributed by atoms with Gasteiger partial charge in [-0.1, -0.05) is 36.2 Å². The molecule has 2 aromatic rings. The maximum Gasteiger partial charge on any atom is 0.251 e. The minimum Gasteiger partial charge on any atom is -0.349 e. The summed E-state index contributed by atoms with van der Waals surface area (Å²) in [6, 6.07) is 17.1. The van der Waals surface area contributed by atoms with Crippen LogP contribution < -0.4 is 5.32 Å². The van der Waals surface area contributed by atoms with Crippen molar-refractivity contribution >= 4 is 17.7 Å². The molecule has 3 atom stereocenters. The first-order valence-electron chi connectivity index (χ1n) is 9.26. The quantitative estimate of drug-likeness (QED) is 0.750. The normalized spacial score (nSPS) is 24.4. The van der Waals surface area contributed by atoms with Crippen LogP contribution in [0.4, 0.5) is 0 Å². The Morgan fingerprint density at radius 1 is 1.04 bits per heavy atom. The molecular weight excluding hydrogens is 326 g/mol. The van der Waals surface area contributed by atoms with Crippen LogP contribution in [0.15, 0.2) is 53.4 Å². The van der Waals surface area contributed by atoms with Crippen LogP contribution in [0.1, 0.15) is 47.2 Å². The predicted molar refractivity (Wildman–Crippen MR) is 104 cm³/mol. The van der Waals surface area contributed by atoms with E-state index in [0.717, 1.165) is 23.2 Å². The van der Waals surface area contributed by atoms with Gasteiger partial charge in [0.2, 0.25) is 0 Å². The van der Waals surface area contributed by atoms with Gasteiger partial charge in [-0.2, -0.15) is 0 Å². The minimum atomic E-state index is 0.0929. The number of amides is 1. The highest BCUT2D eigenvalue weighted by atomic mass is 32.2. The van der Waals surface area contributed by atoms with Crippen LogP contribution in [-0.2, 0) is 5.75 Å². The monoisotopic (exact) mass is 351 g/mol. The molecule has 1 amide bonds. The lowest BCUT2D eigenvalue weighted by Crippen LogP contribution is -2.38. The van der Waals surface area contributed by atoms with E-state index in [4.69, 9.17) is 0 Å². The zero-order valence-electron chi connectivity index (χ0n) is 14.7. The number of fused-ring (bicyclic) bond motifs is 2. The third kappa shape index (κ3) is 3.92. The van der Waals surface area contributed by atoms with Gasteiger partial charge >= 0.3 is 0 Å². The lowest BCUT2D eigenvalue weighted by atomic mass is 9.95. The first-order valence-corrected chi connectivity index (χ1v) is 10.3. The molecule has 0 spiro atoms. The van der Waals surface area contributed by atoms with Crippen molar-refractivity contribution in [2.24, 2.45) is 11.8 Å². The molecule has 0 saturated heterocycles. The molecule has 2 fully saturated rings. The third-order valence-corrected chi connectivity index (χ3v) is 6.78. The molecule has 2 bridgehead atoms.